The van der Waals surface area contributed by atoms with Crippen LogP contribution in [0.3, 0.4) is 0 Å². The number of nitrogens with one attached hydrogen (secondary N) is 6. The lowest BCUT2D eigenvalue weighted by atomic mass is 9.98. The molecule has 3 rings (SSSR count). The first-order chi connectivity index (χ1) is 29.3. The molecule has 6 amide bonds. The average Bonchev–Trinajstić information content (AvgIpc) is 3.24. The molecular formula is C44H65N7O10. The van der Waals surface area contributed by atoms with E-state index in [2.05, 4.69) is 32.0 Å². The number of amides is 6. The summed E-state index contributed by atoms with van der Waals surface area (Å²) in [5, 5.41) is 27.3. The summed E-state index contributed by atoms with van der Waals surface area (Å²) in [5.74, 6) is 0.209. The molecule has 336 valence electrons. The molecule has 0 aromatic heterocycles. The fourth-order valence-corrected chi connectivity index (χ4v) is 6.19. The predicted octanol–water partition coefficient (Wildman–Crippen LogP) is 3.14. The molecule has 4 atom stereocenters. The average molecular weight is 852 g/mol. The van der Waals surface area contributed by atoms with E-state index in [0.717, 1.165) is 16.7 Å². The molecule has 7 N–H and O–H groups in total. The van der Waals surface area contributed by atoms with Crippen LogP contribution in [0.4, 0.5) is 9.59 Å². The van der Waals surface area contributed by atoms with E-state index in [1.165, 1.54) is 14.2 Å². The number of hydrazine groups is 1. The van der Waals surface area contributed by atoms with Crippen LogP contribution in [0, 0.1) is 11.8 Å². The number of urea groups is 2. The molecule has 0 heterocycles. The van der Waals surface area contributed by atoms with Crippen LogP contribution in [0.5, 0.6) is 17.2 Å². The van der Waals surface area contributed by atoms with Crippen molar-refractivity contribution in [3.8, 4) is 17.2 Å². The summed E-state index contributed by atoms with van der Waals surface area (Å²) < 4.78 is 26.8. The maximum atomic E-state index is 13.9. The Morgan fingerprint density at radius 2 is 1.21 bits per heavy atom. The Labute approximate surface area is 359 Å². The molecule has 0 spiro atoms. The number of aliphatic hydroxyl groups is 1. The molecule has 17 nitrogen and oxygen atoms in total. The minimum absolute atomic E-state index is 0.132. The third kappa shape index (κ3) is 17.5. The summed E-state index contributed by atoms with van der Waals surface area (Å²) in [7, 11) is 6.19. The van der Waals surface area contributed by atoms with Gasteiger partial charge in [-0.05, 0) is 59.2 Å². The van der Waals surface area contributed by atoms with Crippen molar-refractivity contribution in [2.45, 2.75) is 71.5 Å². The number of hydrogen-bond acceptors (Lipinski definition) is 11. The van der Waals surface area contributed by atoms with E-state index in [9.17, 15) is 24.3 Å². The molecule has 3 aromatic rings. The molecule has 0 saturated carbocycles. The zero-order valence-electron chi connectivity index (χ0n) is 36.6. The lowest BCUT2D eigenvalue weighted by molar-refractivity contribution is -0.131. The molecule has 61 heavy (non-hydrogen) atoms. The van der Waals surface area contributed by atoms with Crippen LogP contribution in [-0.4, -0.2) is 120 Å². The van der Waals surface area contributed by atoms with Crippen molar-refractivity contribution in [2.75, 3.05) is 61.3 Å². The third-order valence-electron chi connectivity index (χ3n) is 9.57. The van der Waals surface area contributed by atoms with Gasteiger partial charge in [0.05, 0.1) is 39.6 Å². The highest BCUT2D eigenvalue weighted by Gasteiger charge is 2.32. The summed E-state index contributed by atoms with van der Waals surface area (Å²) in [6, 6.07) is 18.4. The number of ether oxygens (including phenoxy) is 5. The molecule has 3 aromatic carbocycles. The Bertz CT molecular complexity index is 1780. The van der Waals surface area contributed by atoms with Crippen LogP contribution in [-0.2, 0) is 38.6 Å². The molecule has 0 radical (unpaired) electrons. The van der Waals surface area contributed by atoms with Crippen molar-refractivity contribution in [1.29, 1.82) is 0 Å². The number of carbonyl (C=O) groups excluding carboxylic acids is 4. The molecule has 0 aliphatic carbocycles. The molecule has 0 bridgehead atoms. The van der Waals surface area contributed by atoms with Gasteiger partial charge in [0.2, 0.25) is 5.91 Å². The molecule has 17 heteroatoms. The first kappa shape index (κ1) is 49.7. The Morgan fingerprint density at radius 1 is 0.656 bits per heavy atom. The number of benzene rings is 3. The van der Waals surface area contributed by atoms with Gasteiger partial charge >= 0.3 is 12.1 Å². The number of carbonyl (C=O) groups is 4. The Morgan fingerprint density at radius 3 is 1.75 bits per heavy atom. The van der Waals surface area contributed by atoms with Crippen molar-refractivity contribution in [2.24, 2.45) is 11.8 Å². The van der Waals surface area contributed by atoms with Gasteiger partial charge in [0, 0.05) is 40.4 Å². The Hall–Kier alpha value is -5.62. The van der Waals surface area contributed by atoms with Gasteiger partial charge in [0.25, 0.3) is 5.91 Å². The molecule has 0 aliphatic heterocycles. The maximum Gasteiger partial charge on any atom is 0.315 e. The maximum absolute atomic E-state index is 13.9. The van der Waals surface area contributed by atoms with Crippen molar-refractivity contribution in [3.63, 3.8) is 0 Å². The van der Waals surface area contributed by atoms with Gasteiger partial charge in [-0.3, -0.25) is 15.0 Å². The van der Waals surface area contributed by atoms with Crippen LogP contribution in [0.1, 0.15) is 44.4 Å². The van der Waals surface area contributed by atoms with Crippen molar-refractivity contribution in [3.05, 3.63) is 89.5 Å². The van der Waals surface area contributed by atoms with E-state index in [1.54, 1.807) is 31.4 Å². The standard InChI is InChI=1S/C44H65N7O10/c1-29(2)39(48-43(55)45-20-22-57-5)41(53)47-35(24-31-12-10-9-11-13-31)36(52)27-51(50-42(54)40(30(3)4)49-44(56)46-21-23-58-6)26-32-14-17-34(18-15-32)61-28-33-16-19-37(59-7)38(25-33)60-8/h9-19,25,29-30,35-36,39-40,52H,20-24,26-28H2,1-8H3,(H,47,53)(H,50,54)(H2,45,48,55)(H2,46,49,56)/t35?,36?,39-,40-/m0/s1. The number of aliphatic hydroxyl groups excluding tert-OH is 1. The van der Waals surface area contributed by atoms with Crippen LogP contribution in [0.25, 0.3) is 0 Å². The van der Waals surface area contributed by atoms with Gasteiger partial charge in [-0.2, -0.15) is 0 Å². The fraction of sp³-hybridized carbons (Fsp3) is 0.500. The number of rotatable bonds is 26. The summed E-state index contributed by atoms with van der Waals surface area (Å²) >= 11 is 0. The zero-order chi connectivity index (χ0) is 44.7. The van der Waals surface area contributed by atoms with Crippen molar-refractivity contribution < 1.29 is 48.0 Å². The van der Waals surface area contributed by atoms with Crippen molar-refractivity contribution >= 4 is 23.9 Å². The monoisotopic (exact) mass is 851 g/mol. The molecule has 0 fully saturated rings. The second kappa shape index (κ2) is 26.6. The predicted molar refractivity (Wildman–Crippen MR) is 231 cm³/mol. The largest absolute Gasteiger partial charge is 0.493 e. The van der Waals surface area contributed by atoms with Gasteiger partial charge in [0.15, 0.2) is 11.5 Å². The second-order valence-corrected chi connectivity index (χ2v) is 15.1. The minimum atomic E-state index is -1.24. The first-order valence-electron chi connectivity index (χ1n) is 20.3. The Balaban J connectivity index is 1.88. The Kier molecular flexibility index (Phi) is 21.7. The highest BCUT2D eigenvalue weighted by atomic mass is 16.5. The third-order valence-corrected chi connectivity index (χ3v) is 9.57. The topological polar surface area (TPSA) is 210 Å². The van der Waals surface area contributed by atoms with Crippen LogP contribution in [0.15, 0.2) is 72.8 Å². The van der Waals surface area contributed by atoms with Crippen LogP contribution >= 0.6 is 0 Å². The number of nitrogens with zero attached hydrogens (tertiary/aromatic N) is 1. The fourth-order valence-electron chi connectivity index (χ4n) is 6.19. The highest BCUT2D eigenvalue weighted by molar-refractivity contribution is 5.88. The van der Waals surface area contributed by atoms with E-state index < -0.39 is 48.1 Å². The van der Waals surface area contributed by atoms with E-state index >= 15 is 0 Å². The smallest absolute Gasteiger partial charge is 0.315 e. The van der Waals surface area contributed by atoms with Crippen LogP contribution < -0.4 is 46.2 Å². The summed E-state index contributed by atoms with van der Waals surface area (Å²) in [4.78, 5) is 53.2. The SMILES string of the molecule is COCCNC(=O)N[C@H](C(=O)NC(Cc1ccccc1)C(O)CN(Cc1ccc(OCc2ccc(OC)c(OC)c2)cc1)NC(=O)[C@@H](NC(=O)NCCOC)C(C)C)C(C)C. The van der Waals surface area contributed by atoms with E-state index in [4.69, 9.17) is 23.7 Å². The lowest BCUT2D eigenvalue weighted by Crippen LogP contribution is -2.60. The van der Waals surface area contributed by atoms with Gasteiger partial charge in [0.1, 0.15) is 24.4 Å². The summed E-state index contributed by atoms with van der Waals surface area (Å²) in [5.41, 5.74) is 5.42. The summed E-state index contributed by atoms with van der Waals surface area (Å²) in [6.07, 6.45) is -0.996. The van der Waals surface area contributed by atoms with E-state index in [-0.39, 0.29) is 51.0 Å². The van der Waals surface area contributed by atoms with Gasteiger partial charge in [-0.15, -0.1) is 0 Å². The molecule has 0 saturated heterocycles. The van der Waals surface area contributed by atoms with Crippen LogP contribution in [0.2, 0.25) is 0 Å². The van der Waals surface area contributed by atoms with E-state index in [0.29, 0.717) is 30.5 Å². The molecule has 2 unspecified atom stereocenters. The van der Waals surface area contributed by atoms with Gasteiger partial charge < -0.3 is 55.4 Å². The second-order valence-electron chi connectivity index (χ2n) is 15.1. The minimum Gasteiger partial charge on any atom is -0.493 e. The normalized spacial score (nSPS) is 13.1. The molecule has 0 aliphatic rings. The highest BCUT2D eigenvalue weighted by Crippen LogP contribution is 2.28. The first-order valence-corrected chi connectivity index (χ1v) is 20.3. The summed E-state index contributed by atoms with van der Waals surface area (Å²) in [6.45, 7) is 8.62. The van der Waals surface area contributed by atoms with E-state index in [1.807, 2.05) is 88.4 Å². The van der Waals surface area contributed by atoms with Gasteiger partial charge in [-0.1, -0.05) is 76.2 Å². The quantitative estimate of drug-likeness (QED) is 0.0461. The number of hydrogen-bond donors (Lipinski definition) is 7. The molecular weight excluding hydrogens is 787 g/mol. The lowest BCUT2D eigenvalue weighted by Gasteiger charge is -2.33. The van der Waals surface area contributed by atoms with Crippen molar-refractivity contribution in [1.82, 2.24) is 37.0 Å². The zero-order valence-corrected chi connectivity index (χ0v) is 36.6. The number of methoxy groups -OCH3 is 4. The van der Waals surface area contributed by atoms with Gasteiger partial charge in [-0.25, -0.2) is 14.6 Å².